The summed E-state index contributed by atoms with van der Waals surface area (Å²) in [5.41, 5.74) is -0.513. The molecule has 2 unspecified atom stereocenters. The second-order valence-corrected chi connectivity index (χ2v) is 7.64. The summed E-state index contributed by atoms with van der Waals surface area (Å²) in [6, 6.07) is 0. The van der Waals surface area contributed by atoms with Crippen LogP contribution in [-0.2, 0) is 14.7 Å². The maximum atomic E-state index is 12.9. The topological polar surface area (TPSA) is 38.4 Å². The summed E-state index contributed by atoms with van der Waals surface area (Å²) in [6.45, 7) is 8.94. The molecule has 0 aromatic heterocycles. The lowest BCUT2D eigenvalue weighted by atomic mass is 9.57. The number of quaternary nitrogens is 1. The van der Waals surface area contributed by atoms with Crippen LogP contribution < -0.4 is 0 Å². The standard InChI is InChI=1S/C15H29NO3/c1-7-14(8-2)10-15(9-13(3,4)12(14)17)18-11-16(5,6)19-15/h12H,7-11H2,1-6H3/q+1. The molecular formula is C15H29NO3+. The highest BCUT2D eigenvalue weighted by Crippen LogP contribution is 2.57. The fourth-order valence-electron chi connectivity index (χ4n) is 4.12. The van der Waals surface area contributed by atoms with E-state index >= 15 is 0 Å². The van der Waals surface area contributed by atoms with Gasteiger partial charge in [0.25, 0.3) is 0 Å². The fraction of sp³-hybridized carbons (Fsp3) is 1.00. The van der Waals surface area contributed by atoms with Gasteiger partial charge in [-0.1, -0.05) is 27.7 Å². The largest absolute Gasteiger partial charge is 0.291 e. The van der Waals surface area contributed by atoms with Crippen LogP contribution in [0.3, 0.4) is 0 Å². The lowest BCUT2D eigenvalue weighted by molar-refractivity contribution is -1.07. The van der Waals surface area contributed by atoms with Crippen LogP contribution in [0.25, 0.3) is 0 Å². The minimum atomic E-state index is -0.570. The number of rotatable bonds is 2. The van der Waals surface area contributed by atoms with E-state index in [4.69, 9.17) is 9.57 Å². The summed E-state index contributed by atoms with van der Waals surface area (Å²) < 4.78 is 6.47. The molecule has 2 fully saturated rings. The van der Waals surface area contributed by atoms with E-state index < -0.39 is 11.9 Å². The van der Waals surface area contributed by atoms with Gasteiger partial charge in [-0.05, 0) is 18.3 Å². The lowest BCUT2D eigenvalue weighted by Crippen LogP contribution is -2.58. The minimum Gasteiger partial charge on any atom is -0.291 e. The molecule has 0 N–H and O–H groups in total. The smallest absolute Gasteiger partial charge is 0.232 e. The molecule has 1 aliphatic carbocycles. The van der Waals surface area contributed by atoms with E-state index in [0.29, 0.717) is 17.8 Å². The Balaban J connectivity index is 2.35. The van der Waals surface area contributed by atoms with E-state index in [9.17, 15) is 5.11 Å². The van der Waals surface area contributed by atoms with Gasteiger partial charge < -0.3 is 0 Å². The van der Waals surface area contributed by atoms with Crippen molar-refractivity contribution in [2.45, 2.75) is 65.3 Å². The van der Waals surface area contributed by atoms with E-state index in [1.807, 2.05) is 14.1 Å². The zero-order valence-electron chi connectivity index (χ0n) is 13.3. The van der Waals surface area contributed by atoms with Crippen LogP contribution in [0.4, 0.5) is 0 Å². The van der Waals surface area contributed by atoms with Crippen LogP contribution in [0.1, 0.15) is 53.4 Å². The highest BCUT2D eigenvalue weighted by atomic mass is 16.9. The molecule has 4 heteroatoms. The average molecular weight is 271 g/mol. The number of hydrogen-bond donors (Lipinski definition) is 0. The Hall–Kier alpha value is -0.160. The van der Waals surface area contributed by atoms with Gasteiger partial charge in [-0.3, -0.25) is 4.74 Å². The zero-order valence-corrected chi connectivity index (χ0v) is 13.3. The van der Waals surface area contributed by atoms with Crippen molar-refractivity contribution in [2.24, 2.45) is 10.8 Å². The molecule has 0 aromatic carbocycles. The van der Waals surface area contributed by atoms with Gasteiger partial charge in [0.1, 0.15) is 20.2 Å². The quantitative estimate of drug-likeness (QED) is 0.724. The average Bonchev–Trinajstić information content (AvgIpc) is 2.59. The molecular weight excluding hydrogens is 242 g/mol. The normalized spacial score (nSPS) is 39.6. The van der Waals surface area contributed by atoms with E-state index in [1.54, 1.807) is 0 Å². The molecule has 1 aliphatic heterocycles. The Morgan fingerprint density at radius 2 is 1.74 bits per heavy atom. The molecule has 1 saturated carbocycles. The molecule has 0 amide bonds. The molecule has 4 nitrogen and oxygen atoms in total. The third kappa shape index (κ3) is 2.44. The minimum absolute atomic E-state index is 0.216. The van der Waals surface area contributed by atoms with Crippen LogP contribution in [-0.4, -0.2) is 37.4 Å². The third-order valence-corrected chi connectivity index (χ3v) is 5.07. The van der Waals surface area contributed by atoms with Gasteiger partial charge in [0.05, 0.1) is 0 Å². The maximum absolute atomic E-state index is 12.9. The first-order chi connectivity index (χ1) is 8.60. The van der Waals surface area contributed by atoms with E-state index in [1.165, 1.54) is 0 Å². The van der Waals surface area contributed by atoms with Gasteiger partial charge in [0, 0.05) is 18.3 Å². The summed E-state index contributed by atoms with van der Waals surface area (Å²) in [5.74, 6) is -0.570. The van der Waals surface area contributed by atoms with Crippen LogP contribution >= 0.6 is 0 Å². The monoisotopic (exact) mass is 271 g/mol. The van der Waals surface area contributed by atoms with Crippen LogP contribution in [0.5, 0.6) is 0 Å². The van der Waals surface area contributed by atoms with E-state index in [2.05, 4.69) is 27.7 Å². The van der Waals surface area contributed by atoms with Crippen LogP contribution in [0.2, 0.25) is 0 Å². The summed E-state index contributed by atoms with van der Waals surface area (Å²) in [7, 11) is 4.01. The summed E-state index contributed by atoms with van der Waals surface area (Å²) in [4.78, 5) is 6.20. The van der Waals surface area contributed by atoms with Crippen molar-refractivity contribution in [3.05, 3.63) is 0 Å². The SMILES string of the molecule is CCC1(CC)CC2(CC(C)(C)C1[O])OC[N+](C)(C)O2. The van der Waals surface area contributed by atoms with Gasteiger partial charge in [-0.2, -0.15) is 9.48 Å². The molecule has 1 radical (unpaired) electrons. The van der Waals surface area contributed by atoms with Crippen molar-refractivity contribution in [1.82, 2.24) is 0 Å². The Bertz CT molecular complexity index is 349. The molecule has 1 heterocycles. The highest BCUT2D eigenvalue weighted by molar-refractivity contribution is 5.03. The predicted molar refractivity (Wildman–Crippen MR) is 72.4 cm³/mol. The molecule has 0 aromatic rings. The summed E-state index contributed by atoms with van der Waals surface area (Å²) in [6.07, 6.45) is 2.65. The zero-order chi connectivity index (χ0) is 14.5. The van der Waals surface area contributed by atoms with Gasteiger partial charge in [-0.15, -0.1) is 0 Å². The Morgan fingerprint density at radius 3 is 2.16 bits per heavy atom. The molecule has 2 rings (SSSR count). The van der Waals surface area contributed by atoms with Crippen LogP contribution in [0, 0.1) is 10.8 Å². The number of ether oxygens (including phenoxy) is 1. The third-order valence-electron chi connectivity index (χ3n) is 5.07. The predicted octanol–water partition coefficient (Wildman–Crippen LogP) is 3.10. The molecule has 2 atom stereocenters. The van der Waals surface area contributed by atoms with Gasteiger partial charge in [0.2, 0.25) is 12.5 Å². The van der Waals surface area contributed by atoms with Gasteiger partial charge in [0.15, 0.2) is 0 Å². The first kappa shape index (κ1) is 15.2. The molecule has 19 heavy (non-hydrogen) atoms. The first-order valence-corrected chi connectivity index (χ1v) is 7.44. The highest BCUT2D eigenvalue weighted by Gasteiger charge is 2.63. The number of hydrogen-bond acceptors (Lipinski definition) is 2. The molecule has 1 saturated heterocycles. The Morgan fingerprint density at radius 1 is 1.16 bits per heavy atom. The lowest BCUT2D eigenvalue weighted by Gasteiger charge is -2.52. The molecule has 111 valence electrons. The molecule has 2 aliphatic rings. The van der Waals surface area contributed by atoms with Crippen molar-refractivity contribution in [3.8, 4) is 0 Å². The van der Waals surface area contributed by atoms with Crippen molar-refractivity contribution in [2.75, 3.05) is 20.8 Å². The van der Waals surface area contributed by atoms with E-state index in [0.717, 1.165) is 19.3 Å². The van der Waals surface area contributed by atoms with Crippen molar-refractivity contribution in [3.63, 3.8) is 0 Å². The number of nitrogens with zero attached hydrogens (tertiary/aromatic N) is 1. The van der Waals surface area contributed by atoms with Crippen molar-refractivity contribution in [1.29, 1.82) is 0 Å². The second kappa shape index (κ2) is 4.42. The first-order valence-electron chi connectivity index (χ1n) is 7.44. The maximum Gasteiger partial charge on any atom is 0.232 e. The second-order valence-electron chi connectivity index (χ2n) is 7.64. The Kier molecular flexibility index (Phi) is 3.54. The fourth-order valence-corrected chi connectivity index (χ4v) is 4.12. The number of hydroxylamine groups is 3. The van der Waals surface area contributed by atoms with Crippen LogP contribution in [0.15, 0.2) is 0 Å². The van der Waals surface area contributed by atoms with E-state index in [-0.39, 0.29) is 10.8 Å². The van der Waals surface area contributed by atoms with Crippen molar-refractivity contribution < 1.29 is 19.3 Å². The Labute approximate surface area is 117 Å². The molecule has 1 spiro atoms. The molecule has 0 bridgehead atoms. The summed E-state index contributed by atoms with van der Waals surface area (Å²) >= 11 is 0. The van der Waals surface area contributed by atoms with Crippen molar-refractivity contribution >= 4 is 0 Å². The van der Waals surface area contributed by atoms with Gasteiger partial charge in [-0.25, -0.2) is 5.11 Å². The summed E-state index contributed by atoms with van der Waals surface area (Å²) in [5, 5.41) is 12.9. The van der Waals surface area contributed by atoms with Gasteiger partial charge >= 0.3 is 0 Å².